The van der Waals surface area contributed by atoms with Crippen molar-refractivity contribution in [1.82, 2.24) is 20.3 Å². The molecule has 1 fully saturated rings. The molecule has 0 saturated carbocycles. The Morgan fingerprint density at radius 3 is 2.88 bits per heavy atom. The normalized spacial score (nSPS) is 19.7. The summed E-state index contributed by atoms with van der Waals surface area (Å²) >= 11 is 1.62. The average Bonchev–Trinajstić information content (AvgIpc) is 3.00. The van der Waals surface area contributed by atoms with Gasteiger partial charge in [0.2, 0.25) is 0 Å². The molecule has 1 aliphatic rings. The van der Waals surface area contributed by atoms with Gasteiger partial charge in [0.25, 0.3) is 0 Å². The molecule has 1 saturated heterocycles. The lowest BCUT2D eigenvalue weighted by molar-refractivity contribution is 0.632. The van der Waals surface area contributed by atoms with Crippen molar-refractivity contribution in [3.05, 3.63) is 29.0 Å². The van der Waals surface area contributed by atoms with Gasteiger partial charge in [-0.25, -0.2) is 15.0 Å². The summed E-state index contributed by atoms with van der Waals surface area (Å²) in [7, 11) is 0. The van der Waals surface area contributed by atoms with Crippen molar-refractivity contribution in [2.75, 3.05) is 6.54 Å². The monoisotopic (exact) mass is 246 g/mol. The first kappa shape index (κ1) is 10.8. The highest BCUT2D eigenvalue weighted by molar-refractivity contribution is 7.13. The smallest absolute Gasteiger partial charge is 0.188 e. The molecule has 0 radical (unpaired) electrons. The Morgan fingerprint density at radius 1 is 1.35 bits per heavy atom. The van der Waals surface area contributed by atoms with E-state index in [1.807, 2.05) is 19.3 Å². The first-order valence-electron chi connectivity index (χ1n) is 5.81. The zero-order chi connectivity index (χ0) is 11.7. The van der Waals surface area contributed by atoms with Crippen LogP contribution in [0.1, 0.15) is 30.1 Å². The zero-order valence-corrected chi connectivity index (χ0v) is 10.5. The molecule has 2 aromatic heterocycles. The second-order valence-electron chi connectivity index (χ2n) is 4.31. The van der Waals surface area contributed by atoms with Crippen LogP contribution in [0.25, 0.3) is 10.8 Å². The van der Waals surface area contributed by atoms with Crippen LogP contribution in [-0.4, -0.2) is 21.5 Å². The predicted molar refractivity (Wildman–Crippen MR) is 67.9 cm³/mol. The minimum Gasteiger partial charge on any atom is -0.309 e. The summed E-state index contributed by atoms with van der Waals surface area (Å²) in [6, 6.07) is 0.422. The maximum atomic E-state index is 4.62. The van der Waals surface area contributed by atoms with Crippen LogP contribution in [0.2, 0.25) is 0 Å². The molecule has 0 unspecified atom stereocenters. The first-order chi connectivity index (χ1) is 8.33. The van der Waals surface area contributed by atoms with E-state index < -0.39 is 0 Å². The fourth-order valence-electron chi connectivity index (χ4n) is 1.99. The van der Waals surface area contributed by atoms with Crippen molar-refractivity contribution in [2.45, 2.75) is 25.8 Å². The van der Waals surface area contributed by atoms with Crippen molar-refractivity contribution in [3.63, 3.8) is 0 Å². The maximum Gasteiger partial charge on any atom is 0.188 e. The number of nitrogens with zero attached hydrogens (tertiary/aromatic N) is 3. The van der Waals surface area contributed by atoms with Crippen molar-refractivity contribution in [3.8, 4) is 10.8 Å². The van der Waals surface area contributed by atoms with E-state index >= 15 is 0 Å². The molecular weight excluding hydrogens is 232 g/mol. The Balaban J connectivity index is 1.86. The number of nitrogens with one attached hydrogen (secondary N) is 1. The molecular formula is C12H14N4S. The molecule has 3 heterocycles. The van der Waals surface area contributed by atoms with Gasteiger partial charge in [-0.2, -0.15) is 0 Å². The van der Waals surface area contributed by atoms with Crippen molar-refractivity contribution in [1.29, 1.82) is 0 Å². The van der Waals surface area contributed by atoms with Crippen LogP contribution in [-0.2, 0) is 0 Å². The highest BCUT2D eigenvalue weighted by Gasteiger charge is 2.19. The Kier molecular flexibility index (Phi) is 2.86. The van der Waals surface area contributed by atoms with Crippen molar-refractivity contribution in [2.24, 2.45) is 0 Å². The Bertz CT molecular complexity index is 499. The quantitative estimate of drug-likeness (QED) is 0.883. The molecule has 2 aromatic rings. The number of aromatic nitrogens is 3. The topological polar surface area (TPSA) is 50.7 Å². The van der Waals surface area contributed by atoms with Crippen LogP contribution in [0.15, 0.2) is 17.8 Å². The van der Waals surface area contributed by atoms with Gasteiger partial charge in [-0.05, 0) is 31.9 Å². The van der Waals surface area contributed by atoms with Crippen LogP contribution in [0.4, 0.5) is 0 Å². The van der Waals surface area contributed by atoms with E-state index in [0.717, 1.165) is 28.6 Å². The summed E-state index contributed by atoms with van der Waals surface area (Å²) in [5, 5.41) is 6.47. The molecule has 1 aliphatic heterocycles. The fraction of sp³-hybridized carbons (Fsp3) is 0.417. The largest absolute Gasteiger partial charge is 0.309 e. The minimum atomic E-state index is 0.422. The second kappa shape index (κ2) is 4.50. The standard InChI is InChI=1S/C12H14N4S/c1-8-5-14-11(15-6-8)12-16-10(7-17-12)9-3-2-4-13-9/h5-7,9,13H,2-4H2,1H3/t9-/m0/s1. The Hall–Kier alpha value is -1.33. The number of hydrogen-bond donors (Lipinski definition) is 1. The molecule has 0 bridgehead atoms. The number of rotatable bonds is 2. The fourth-order valence-corrected chi connectivity index (χ4v) is 2.81. The Morgan fingerprint density at radius 2 is 2.18 bits per heavy atom. The molecule has 4 nitrogen and oxygen atoms in total. The minimum absolute atomic E-state index is 0.422. The summed E-state index contributed by atoms with van der Waals surface area (Å²) in [5.41, 5.74) is 2.20. The molecule has 0 aliphatic carbocycles. The van der Waals surface area contributed by atoms with Gasteiger partial charge < -0.3 is 5.32 Å². The summed E-state index contributed by atoms with van der Waals surface area (Å²) in [5.74, 6) is 0.727. The number of aryl methyl sites for hydroxylation is 1. The Labute approximate surface area is 104 Å². The summed E-state index contributed by atoms with van der Waals surface area (Å²) < 4.78 is 0. The van der Waals surface area contributed by atoms with Gasteiger partial charge in [0.15, 0.2) is 10.8 Å². The molecule has 3 rings (SSSR count). The van der Waals surface area contributed by atoms with Crippen molar-refractivity contribution < 1.29 is 0 Å². The average molecular weight is 246 g/mol. The molecule has 0 spiro atoms. The van der Waals surface area contributed by atoms with E-state index in [4.69, 9.17) is 0 Å². The molecule has 0 amide bonds. The summed E-state index contributed by atoms with van der Waals surface area (Å²) in [4.78, 5) is 13.2. The van der Waals surface area contributed by atoms with Gasteiger partial charge in [-0.3, -0.25) is 0 Å². The molecule has 5 heteroatoms. The highest BCUT2D eigenvalue weighted by Crippen LogP contribution is 2.27. The second-order valence-corrected chi connectivity index (χ2v) is 5.17. The van der Waals surface area contributed by atoms with E-state index in [-0.39, 0.29) is 0 Å². The third kappa shape index (κ3) is 2.21. The van der Waals surface area contributed by atoms with E-state index in [2.05, 4.69) is 25.6 Å². The van der Waals surface area contributed by atoms with Gasteiger partial charge in [0.1, 0.15) is 0 Å². The molecule has 1 atom stereocenters. The number of hydrogen-bond acceptors (Lipinski definition) is 5. The van der Waals surface area contributed by atoms with Gasteiger partial charge in [0, 0.05) is 17.8 Å². The number of thiazole rings is 1. The zero-order valence-electron chi connectivity index (χ0n) is 9.68. The lowest BCUT2D eigenvalue weighted by atomic mass is 10.2. The third-order valence-electron chi connectivity index (χ3n) is 2.91. The summed E-state index contributed by atoms with van der Waals surface area (Å²) in [6.07, 6.45) is 6.07. The molecule has 88 valence electrons. The summed E-state index contributed by atoms with van der Waals surface area (Å²) in [6.45, 7) is 3.08. The van der Waals surface area contributed by atoms with E-state index in [0.29, 0.717) is 6.04 Å². The molecule has 0 aromatic carbocycles. The van der Waals surface area contributed by atoms with Crippen LogP contribution < -0.4 is 5.32 Å². The highest BCUT2D eigenvalue weighted by atomic mass is 32.1. The lowest BCUT2D eigenvalue weighted by Crippen LogP contribution is -2.12. The van der Waals surface area contributed by atoms with Gasteiger partial charge in [-0.1, -0.05) is 0 Å². The molecule has 1 N–H and O–H groups in total. The predicted octanol–water partition coefficient (Wildman–Crippen LogP) is 2.33. The molecule has 17 heavy (non-hydrogen) atoms. The third-order valence-corrected chi connectivity index (χ3v) is 3.77. The van der Waals surface area contributed by atoms with E-state index in [9.17, 15) is 0 Å². The van der Waals surface area contributed by atoms with Gasteiger partial charge >= 0.3 is 0 Å². The SMILES string of the molecule is Cc1cnc(-c2nc([C@@H]3CCCN3)cs2)nc1. The van der Waals surface area contributed by atoms with Crippen molar-refractivity contribution >= 4 is 11.3 Å². The van der Waals surface area contributed by atoms with E-state index in [1.54, 1.807) is 11.3 Å². The van der Waals surface area contributed by atoms with Crippen LogP contribution in [0, 0.1) is 6.92 Å². The van der Waals surface area contributed by atoms with Crippen LogP contribution >= 0.6 is 11.3 Å². The van der Waals surface area contributed by atoms with Gasteiger partial charge in [0.05, 0.1) is 11.7 Å². The van der Waals surface area contributed by atoms with E-state index in [1.165, 1.54) is 12.8 Å². The lowest BCUT2D eigenvalue weighted by Gasteiger charge is -2.04. The first-order valence-corrected chi connectivity index (χ1v) is 6.69. The van der Waals surface area contributed by atoms with Gasteiger partial charge in [-0.15, -0.1) is 11.3 Å². The van der Waals surface area contributed by atoms with Crippen LogP contribution in [0.3, 0.4) is 0 Å². The van der Waals surface area contributed by atoms with Crippen LogP contribution in [0.5, 0.6) is 0 Å². The maximum absolute atomic E-state index is 4.62.